The highest BCUT2D eigenvalue weighted by molar-refractivity contribution is 9.10. The van der Waals surface area contributed by atoms with Gasteiger partial charge in [-0.25, -0.2) is 4.98 Å². The van der Waals surface area contributed by atoms with Crippen LogP contribution in [0.3, 0.4) is 0 Å². The Bertz CT molecular complexity index is 291. The molecule has 3 nitrogen and oxygen atoms in total. The Balaban J connectivity index is 2.05. The lowest BCUT2D eigenvalue weighted by Crippen LogP contribution is -2.29. The standard InChI is InChI=1S/C10H14BrN3/c1-14-4-2-8(3-5-14)9-6-13-10(11)7-12-9/h6-8H,2-5H2,1H3. The molecule has 1 aliphatic rings. The highest BCUT2D eigenvalue weighted by Gasteiger charge is 2.19. The summed E-state index contributed by atoms with van der Waals surface area (Å²) in [5, 5.41) is 0. The summed E-state index contributed by atoms with van der Waals surface area (Å²) in [7, 11) is 2.17. The first-order valence-corrected chi connectivity index (χ1v) is 5.71. The second kappa shape index (κ2) is 4.36. The van der Waals surface area contributed by atoms with E-state index in [1.165, 1.54) is 25.9 Å². The van der Waals surface area contributed by atoms with E-state index in [1.54, 1.807) is 6.20 Å². The highest BCUT2D eigenvalue weighted by Crippen LogP contribution is 2.25. The Labute approximate surface area is 92.7 Å². The van der Waals surface area contributed by atoms with Crippen LogP contribution in [0.1, 0.15) is 24.5 Å². The van der Waals surface area contributed by atoms with Crippen LogP contribution in [-0.4, -0.2) is 35.0 Å². The van der Waals surface area contributed by atoms with Crippen molar-refractivity contribution in [2.75, 3.05) is 20.1 Å². The molecule has 1 aliphatic heterocycles. The van der Waals surface area contributed by atoms with Crippen LogP contribution in [0.2, 0.25) is 0 Å². The summed E-state index contributed by atoms with van der Waals surface area (Å²) in [6.07, 6.45) is 6.08. The van der Waals surface area contributed by atoms with Crippen LogP contribution in [0.4, 0.5) is 0 Å². The maximum absolute atomic E-state index is 4.40. The van der Waals surface area contributed by atoms with Crippen molar-refractivity contribution in [3.8, 4) is 0 Å². The first-order valence-electron chi connectivity index (χ1n) is 4.91. The third kappa shape index (κ3) is 2.30. The van der Waals surface area contributed by atoms with Crippen molar-refractivity contribution >= 4 is 15.9 Å². The SMILES string of the molecule is CN1CCC(c2cnc(Br)cn2)CC1. The molecule has 1 aromatic heterocycles. The van der Waals surface area contributed by atoms with E-state index in [0.717, 1.165) is 10.3 Å². The third-order valence-corrected chi connectivity index (χ3v) is 3.19. The Morgan fingerprint density at radius 2 is 2.00 bits per heavy atom. The molecular weight excluding hydrogens is 242 g/mol. The normalized spacial score (nSPS) is 19.9. The largest absolute Gasteiger partial charge is 0.306 e. The molecular formula is C10H14BrN3. The van der Waals surface area contributed by atoms with Gasteiger partial charge in [-0.15, -0.1) is 0 Å². The molecule has 0 saturated carbocycles. The van der Waals surface area contributed by atoms with Gasteiger partial charge in [0.15, 0.2) is 0 Å². The molecule has 0 N–H and O–H groups in total. The van der Waals surface area contributed by atoms with E-state index in [0.29, 0.717) is 5.92 Å². The monoisotopic (exact) mass is 255 g/mol. The lowest BCUT2D eigenvalue weighted by atomic mass is 9.94. The van der Waals surface area contributed by atoms with Crippen molar-refractivity contribution in [3.63, 3.8) is 0 Å². The zero-order valence-electron chi connectivity index (χ0n) is 8.28. The number of likely N-dealkylation sites (tertiary alicyclic amines) is 1. The first kappa shape index (κ1) is 10.1. The quantitative estimate of drug-likeness (QED) is 0.770. The minimum Gasteiger partial charge on any atom is -0.306 e. The van der Waals surface area contributed by atoms with E-state index < -0.39 is 0 Å². The van der Waals surface area contributed by atoms with Crippen LogP contribution in [0.25, 0.3) is 0 Å². The smallest absolute Gasteiger partial charge is 0.124 e. The molecule has 2 heterocycles. The summed E-state index contributed by atoms with van der Waals surface area (Å²) >= 11 is 3.30. The van der Waals surface area contributed by atoms with Gasteiger partial charge in [-0.2, -0.15) is 0 Å². The molecule has 0 spiro atoms. The molecule has 0 bridgehead atoms. The van der Waals surface area contributed by atoms with Crippen LogP contribution in [0, 0.1) is 0 Å². The third-order valence-electron chi connectivity index (χ3n) is 2.78. The number of hydrogen-bond acceptors (Lipinski definition) is 3. The van der Waals surface area contributed by atoms with E-state index in [2.05, 4.69) is 37.8 Å². The maximum Gasteiger partial charge on any atom is 0.124 e. The van der Waals surface area contributed by atoms with E-state index in [1.807, 2.05) is 6.20 Å². The van der Waals surface area contributed by atoms with Crippen molar-refractivity contribution in [2.24, 2.45) is 0 Å². The Morgan fingerprint density at radius 3 is 2.57 bits per heavy atom. The maximum atomic E-state index is 4.40. The first-order chi connectivity index (χ1) is 6.75. The summed E-state index contributed by atoms with van der Waals surface area (Å²) in [6, 6.07) is 0. The van der Waals surface area contributed by atoms with E-state index in [4.69, 9.17) is 0 Å². The van der Waals surface area contributed by atoms with Crippen molar-refractivity contribution in [1.29, 1.82) is 0 Å². The lowest BCUT2D eigenvalue weighted by Gasteiger charge is -2.28. The number of aromatic nitrogens is 2. The summed E-state index contributed by atoms with van der Waals surface area (Å²) in [6.45, 7) is 2.34. The highest BCUT2D eigenvalue weighted by atomic mass is 79.9. The molecule has 0 aliphatic carbocycles. The molecule has 76 valence electrons. The zero-order valence-corrected chi connectivity index (χ0v) is 9.87. The number of nitrogens with zero attached hydrogens (tertiary/aromatic N) is 3. The van der Waals surface area contributed by atoms with Gasteiger partial charge < -0.3 is 4.90 Å². The topological polar surface area (TPSA) is 29.0 Å². The molecule has 1 saturated heterocycles. The Morgan fingerprint density at radius 1 is 1.29 bits per heavy atom. The van der Waals surface area contributed by atoms with Crippen LogP contribution < -0.4 is 0 Å². The van der Waals surface area contributed by atoms with Gasteiger partial charge >= 0.3 is 0 Å². The van der Waals surface area contributed by atoms with Crippen molar-refractivity contribution < 1.29 is 0 Å². The van der Waals surface area contributed by atoms with Crippen LogP contribution in [0.15, 0.2) is 17.0 Å². The van der Waals surface area contributed by atoms with E-state index >= 15 is 0 Å². The van der Waals surface area contributed by atoms with Crippen LogP contribution in [-0.2, 0) is 0 Å². The molecule has 0 atom stereocenters. The van der Waals surface area contributed by atoms with Crippen molar-refractivity contribution in [3.05, 3.63) is 22.7 Å². The second-order valence-electron chi connectivity index (χ2n) is 3.84. The minimum atomic E-state index is 0.604. The minimum absolute atomic E-state index is 0.604. The number of rotatable bonds is 1. The molecule has 0 unspecified atom stereocenters. The van der Waals surface area contributed by atoms with Crippen LogP contribution in [0.5, 0.6) is 0 Å². The molecule has 0 amide bonds. The summed E-state index contributed by atoms with van der Waals surface area (Å²) in [4.78, 5) is 11.0. The molecule has 0 radical (unpaired) electrons. The van der Waals surface area contributed by atoms with Crippen molar-refractivity contribution in [1.82, 2.24) is 14.9 Å². The predicted octanol–water partition coefficient (Wildman–Crippen LogP) is 2.05. The second-order valence-corrected chi connectivity index (χ2v) is 4.65. The van der Waals surface area contributed by atoms with Gasteiger partial charge in [0.1, 0.15) is 4.60 Å². The zero-order chi connectivity index (χ0) is 9.97. The molecule has 14 heavy (non-hydrogen) atoms. The molecule has 4 heteroatoms. The van der Waals surface area contributed by atoms with Crippen LogP contribution >= 0.6 is 15.9 Å². The fraction of sp³-hybridized carbons (Fsp3) is 0.600. The fourth-order valence-corrected chi connectivity index (χ4v) is 2.04. The number of halogens is 1. The van der Waals surface area contributed by atoms with Gasteiger partial charge in [0.05, 0.1) is 11.9 Å². The lowest BCUT2D eigenvalue weighted by molar-refractivity contribution is 0.253. The average Bonchev–Trinajstić information content (AvgIpc) is 2.21. The molecule has 1 aromatic rings. The summed E-state index contributed by atoms with van der Waals surface area (Å²) in [5.41, 5.74) is 1.14. The Hall–Kier alpha value is -0.480. The Kier molecular flexibility index (Phi) is 3.13. The van der Waals surface area contributed by atoms with E-state index in [9.17, 15) is 0 Å². The fourth-order valence-electron chi connectivity index (χ4n) is 1.84. The van der Waals surface area contributed by atoms with E-state index in [-0.39, 0.29) is 0 Å². The molecule has 0 aromatic carbocycles. The summed E-state index contributed by atoms with van der Waals surface area (Å²) in [5.74, 6) is 0.604. The average molecular weight is 256 g/mol. The van der Waals surface area contributed by atoms with Gasteiger partial charge in [0.2, 0.25) is 0 Å². The molecule has 2 rings (SSSR count). The number of hydrogen-bond donors (Lipinski definition) is 0. The summed E-state index contributed by atoms with van der Waals surface area (Å²) < 4.78 is 0.814. The number of piperidine rings is 1. The van der Waals surface area contributed by atoms with Gasteiger partial charge in [-0.3, -0.25) is 4.98 Å². The van der Waals surface area contributed by atoms with Gasteiger partial charge in [-0.05, 0) is 48.9 Å². The van der Waals surface area contributed by atoms with Gasteiger partial charge in [0.25, 0.3) is 0 Å². The molecule has 1 fully saturated rings. The van der Waals surface area contributed by atoms with Gasteiger partial charge in [0, 0.05) is 12.1 Å². The van der Waals surface area contributed by atoms with Crippen molar-refractivity contribution in [2.45, 2.75) is 18.8 Å². The predicted molar refractivity (Wildman–Crippen MR) is 59.2 cm³/mol. The van der Waals surface area contributed by atoms with Gasteiger partial charge in [-0.1, -0.05) is 0 Å².